The van der Waals surface area contributed by atoms with Crippen LogP contribution in [0.5, 0.6) is 11.6 Å². The van der Waals surface area contributed by atoms with Crippen molar-refractivity contribution in [3.05, 3.63) is 47.9 Å². The molecule has 19 heavy (non-hydrogen) atoms. The first kappa shape index (κ1) is 13.5. The van der Waals surface area contributed by atoms with Crippen molar-refractivity contribution in [1.82, 2.24) is 15.3 Å². The van der Waals surface area contributed by atoms with E-state index in [1.807, 2.05) is 31.2 Å². The fourth-order valence-corrected chi connectivity index (χ4v) is 1.60. The monoisotopic (exact) mass is 257 g/mol. The molecule has 4 heteroatoms. The SMILES string of the molecule is Cc1cccc(Oc2cnc(CNC(C)C)cn2)c1. The molecule has 0 saturated heterocycles. The third-order valence-electron chi connectivity index (χ3n) is 2.59. The Morgan fingerprint density at radius 3 is 2.68 bits per heavy atom. The van der Waals surface area contributed by atoms with Gasteiger partial charge in [0, 0.05) is 12.6 Å². The maximum atomic E-state index is 5.65. The quantitative estimate of drug-likeness (QED) is 0.894. The van der Waals surface area contributed by atoms with Crippen LogP contribution in [0.3, 0.4) is 0 Å². The maximum absolute atomic E-state index is 5.65. The first-order valence-corrected chi connectivity index (χ1v) is 6.42. The molecule has 0 fully saturated rings. The van der Waals surface area contributed by atoms with Gasteiger partial charge < -0.3 is 10.1 Å². The number of nitrogens with one attached hydrogen (secondary N) is 1. The van der Waals surface area contributed by atoms with Gasteiger partial charge in [0.25, 0.3) is 0 Å². The van der Waals surface area contributed by atoms with Crippen molar-refractivity contribution in [2.75, 3.05) is 0 Å². The Morgan fingerprint density at radius 2 is 2.05 bits per heavy atom. The summed E-state index contributed by atoms with van der Waals surface area (Å²) in [6, 6.07) is 8.29. The summed E-state index contributed by atoms with van der Waals surface area (Å²) >= 11 is 0. The molecule has 1 aromatic carbocycles. The minimum atomic E-state index is 0.435. The zero-order valence-corrected chi connectivity index (χ0v) is 11.6. The van der Waals surface area contributed by atoms with Crippen molar-refractivity contribution >= 4 is 0 Å². The molecule has 0 aliphatic carbocycles. The lowest BCUT2D eigenvalue weighted by atomic mass is 10.2. The van der Waals surface area contributed by atoms with Gasteiger partial charge in [-0.25, -0.2) is 4.98 Å². The van der Waals surface area contributed by atoms with E-state index in [9.17, 15) is 0 Å². The van der Waals surface area contributed by atoms with Crippen molar-refractivity contribution in [1.29, 1.82) is 0 Å². The number of aromatic nitrogens is 2. The normalized spacial score (nSPS) is 10.7. The van der Waals surface area contributed by atoms with E-state index in [-0.39, 0.29) is 0 Å². The fraction of sp³-hybridized carbons (Fsp3) is 0.333. The maximum Gasteiger partial charge on any atom is 0.237 e. The van der Waals surface area contributed by atoms with Crippen molar-refractivity contribution in [2.24, 2.45) is 0 Å². The summed E-state index contributed by atoms with van der Waals surface area (Å²) in [6.45, 7) is 6.94. The first-order chi connectivity index (χ1) is 9.13. The highest BCUT2D eigenvalue weighted by Crippen LogP contribution is 2.19. The number of benzene rings is 1. The van der Waals surface area contributed by atoms with E-state index in [1.165, 1.54) is 0 Å². The highest BCUT2D eigenvalue weighted by molar-refractivity contribution is 5.30. The zero-order chi connectivity index (χ0) is 13.7. The average Bonchev–Trinajstić information content (AvgIpc) is 2.38. The Morgan fingerprint density at radius 1 is 1.21 bits per heavy atom. The molecule has 0 spiro atoms. The van der Waals surface area contributed by atoms with Crippen LogP contribution < -0.4 is 10.1 Å². The topological polar surface area (TPSA) is 47.0 Å². The van der Waals surface area contributed by atoms with Gasteiger partial charge in [-0.05, 0) is 24.6 Å². The van der Waals surface area contributed by atoms with Crippen molar-refractivity contribution in [3.63, 3.8) is 0 Å². The van der Waals surface area contributed by atoms with Gasteiger partial charge >= 0.3 is 0 Å². The molecule has 4 nitrogen and oxygen atoms in total. The Hall–Kier alpha value is -1.94. The largest absolute Gasteiger partial charge is 0.437 e. The lowest BCUT2D eigenvalue weighted by Crippen LogP contribution is -2.22. The number of ether oxygens (including phenoxy) is 1. The molecule has 2 rings (SSSR count). The standard InChI is InChI=1S/C15H19N3O/c1-11(2)16-8-13-9-18-15(10-17-13)19-14-6-4-5-12(3)7-14/h4-7,9-11,16H,8H2,1-3H3. The predicted octanol–water partition coefficient (Wildman–Crippen LogP) is 3.08. The molecule has 0 atom stereocenters. The van der Waals surface area contributed by atoms with Gasteiger partial charge in [-0.2, -0.15) is 0 Å². The van der Waals surface area contributed by atoms with Gasteiger partial charge in [0.1, 0.15) is 5.75 Å². The summed E-state index contributed by atoms with van der Waals surface area (Å²) in [4.78, 5) is 8.58. The number of rotatable bonds is 5. The van der Waals surface area contributed by atoms with Crippen LogP contribution in [-0.2, 0) is 6.54 Å². The summed E-state index contributed by atoms with van der Waals surface area (Å²) in [5.41, 5.74) is 2.06. The molecule has 2 aromatic rings. The van der Waals surface area contributed by atoms with E-state index in [1.54, 1.807) is 12.4 Å². The zero-order valence-electron chi connectivity index (χ0n) is 11.6. The molecule has 0 amide bonds. The van der Waals surface area contributed by atoms with E-state index >= 15 is 0 Å². The Kier molecular flexibility index (Phi) is 4.47. The van der Waals surface area contributed by atoms with Crippen molar-refractivity contribution < 1.29 is 4.74 Å². The Labute approximate surface area is 113 Å². The summed E-state index contributed by atoms with van der Waals surface area (Å²) < 4.78 is 5.65. The van der Waals surface area contributed by atoms with Crippen LogP contribution >= 0.6 is 0 Å². The molecule has 0 aliphatic heterocycles. The van der Waals surface area contributed by atoms with Gasteiger partial charge in [-0.15, -0.1) is 0 Å². The van der Waals surface area contributed by atoms with Crippen molar-refractivity contribution in [3.8, 4) is 11.6 Å². The minimum Gasteiger partial charge on any atom is -0.437 e. The number of hydrogen-bond donors (Lipinski definition) is 1. The summed E-state index contributed by atoms with van der Waals surface area (Å²) in [5, 5.41) is 3.30. The molecule has 0 aliphatic rings. The van der Waals surface area contributed by atoms with E-state index in [0.717, 1.165) is 23.6 Å². The van der Waals surface area contributed by atoms with Gasteiger partial charge in [0.05, 0.1) is 18.1 Å². The molecule has 1 heterocycles. The molecular formula is C15H19N3O. The van der Waals surface area contributed by atoms with Crippen LogP contribution in [0.1, 0.15) is 25.1 Å². The molecule has 1 aromatic heterocycles. The van der Waals surface area contributed by atoms with Crippen LogP contribution in [0.2, 0.25) is 0 Å². The number of aryl methyl sites for hydroxylation is 1. The van der Waals surface area contributed by atoms with E-state index in [2.05, 4.69) is 29.1 Å². The van der Waals surface area contributed by atoms with E-state index < -0.39 is 0 Å². The van der Waals surface area contributed by atoms with Gasteiger partial charge in [0.2, 0.25) is 5.88 Å². The van der Waals surface area contributed by atoms with Gasteiger partial charge in [-0.1, -0.05) is 26.0 Å². The number of nitrogens with zero attached hydrogens (tertiary/aromatic N) is 2. The number of hydrogen-bond acceptors (Lipinski definition) is 4. The Balaban J connectivity index is 1.98. The van der Waals surface area contributed by atoms with Crippen LogP contribution in [0.25, 0.3) is 0 Å². The smallest absolute Gasteiger partial charge is 0.237 e. The second-order valence-corrected chi connectivity index (χ2v) is 4.80. The van der Waals surface area contributed by atoms with Crippen molar-refractivity contribution in [2.45, 2.75) is 33.4 Å². The molecule has 100 valence electrons. The fourth-order valence-electron chi connectivity index (χ4n) is 1.60. The van der Waals surface area contributed by atoms with Gasteiger partial charge in [-0.3, -0.25) is 4.98 Å². The molecule has 0 radical (unpaired) electrons. The van der Waals surface area contributed by atoms with Crippen LogP contribution in [0, 0.1) is 6.92 Å². The molecule has 0 saturated carbocycles. The average molecular weight is 257 g/mol. The van der Waals surface area contributed by atoms with E-state index in [4.69, 9.17) is 4.74 Å². The molecule has 1 N–H and O–H groups in total. The second-order valence-electron chi connectivity index (χ2n) is 4.80. The lowest BCUT2D eigenvalue weighted by molar-refractivity contribution is 0.458. The van der Waals surface area contributed by atoms with E-state index in [0.29, 0.717) is 11.9 Å². The third kappa shape index (κ3) is 4.34. The second kappa shape index (κ2) is 6.29. The van der Waals surface area contributed by atoms with Crippen LogP contribution in [0.4, 0.5) is 0 Å². The van der Waals surface area contributed by atoms with Crippen LogP contribution in [-0.4, -0.2) is 16.0 Å². The lowest BCUT2D eigenvalue weighted by Gasteiger charge is -2.08. The highest BCUT2D eigenvalue weighted by atomic mass is 16.5. The molecular weight excluding hydrogens is 238 g/mol. The first-order valence-electron chi connectivity index (χ1n) is 6.42. The van der Waals surface area contributed by atoms with Crippen LogP contribution in [0.15, 0.2) is 36.7 Å². The Bertz CT molecular complexity index is 523. The summed E-state index contributed by atoms with van der Waals surface area (Å²) in [5.74, 6) is 1.29. The summed E-state index contributed by atoms with van der Waals surface area (Å²) in [6.07, 6.45) is 3.39. The molecule has 0 unspecified atom stereocenters. The highest BCUT2D eigenvalue weighted by Gasteiger charge is 2.01. The molecule has 0 bridgehead atoms. The minimum absolute atomic E-state index is 0.435. The van der Waals surface area contributed by atoms with Gasteiger partial charge in [0.15, 0.2) is 0 Å². The predicted molar refractivity (Wildman–Crippen MR) is 75.3 cm³/mol. The third-order valence-corrected chi connectivity index (χ3v) is 2.59. The summed E-state index contributed by atoms with van der Waals surface area (Å²) in [7, 11) is 0.